The quantitative estimate of drug-likeness (QED) is 0.721. The van der Waals surface area contributed by atoms with Gasteiger partial charge in [-0.2, -0.15) is 0 Å². The summed E-state index contributed by atoms with van der Waals surface area (Å²) >= 11 is 0. The molecule has 0 saturated heterocycles. The van der Waals surface area contributed by atoms with Crippen molar-refractivity contribution in [1.82, 2.24) is 0 Å². The summed E-state index contributed by atoms with van der Waals surface area (Å²) in [5, 5.41) is 0. The predicted molar refractivity (Wildman–Crippen MR) is 97.7 cm³/mol. The van der Waals surface area contributed by atoms with E-state index in [1.807, 2.05) is 0 Å². The molecule has 3 aromatic rings. The highest BCUT2D eigenvalue weighted by molar-refractivity contribution is 7.92. The van der Waals surface area contributed by atoms with Crippen LogP contribution in [0.25, 0.3) is 0 Å². The summed E-state index contributed by atoms with van der Waals surface area (Å²) in [5.74, 6) is -2.54. The highest BCUT2D eigenvalue weighted by Crippen LogP contribution is 2.33. The van der Waals surface area contributed by atoms with Crippen LogP contribution in [0.3, 0.4) is 0 Å². The largest absolute Gasteiger partial charge is 0.459 e. The first-order valence-corrected chi connectivity index (χ1v) is 9.80. The molecular weight excluding hydrogens is 390 g/mol. The van der Waals surface area contributed by atoms with Crippen LogP contribution >= 0.6 is 0 Å². The zero-order valence-electron chi connectivity index (χ0n) is 14.4. The van der Waals surface area contributed by atoms with Crippen LogP contribution in [0.4, 0.5) is 20.2 Å². The number of hydrogen-bond donors (Lipinski definition) is 1. The number of halogens is 2. The van der Waals surface area contributed by atoms with E-state index in [0.29, 0.717) is 24.7 Å². The van der Waals surface area contributed by atoms with Gasteiger partial charge in [0.2, 0.25) is 0 Å². The third-order valence-corrected chi connectivity index (χ3v) is 5.79. The van der Waals surface area contributed by atoms with Crippen LogP contribution in [0.1, 0.15) is 16.1 Å². The summed E-state index contributed by atoms with van der Waals surface area (Å²) in [6.45, 7) is 0.439. The number of furan rings is 1. The number of nitrogens with zero attached hydrogens (tertiary/aromatic N) is 1. The molecule has 144 valence electrons. The maximum absolute atomic E-state index is 13.4. The highest BCUT2D eigenvalue weighted by atomic mass is 32.2. The number of benzene rings is 2. The fraction of sp³-hybridized carbons (Fsp3) is 0.105. The van der Waals surface area contributed by atoms with Crippen LogP contribution in [0.15, 0.2) is 64.1 Å². The Labute approximate surface area is 159 Å². The number of fused-ring (bicyclic) bond motifs is 1. The molecule has 0 unspecified atom stereocenters. The molecule has 0 atom stereocenters. The molecule has 0 radical (unpaired) electrons. The van der Waals surface area contributed by atoms with Crippen molar-refractivity contribution in [2.75, 3.05) is 16.2 Å². The number of amides is 1. The van der Waals surface area contributed by atoms with Crippen molar-refractivity contribution in [1.29, 1.82) is 0 Å². The van der Waals surface area contributed by atoms with Gasteiger partial charge in [-0.25, -0.2) is 17.2 Å². The van der Waals surface area contributed by atoms with Crippen molar-refractivity contribution in [3.8, 4) is 0 Å². The van der Waals surface area contributed by atoms with E-state index >= 15 is 0 Å². The highest BCUT2D eigenvalue weighted by Gasteiger charge is 2.28. The Balaban J connectivity index is 1.63. The lowest BCUT2D eigenvalue weighted by Gasteiger charge is -2.17. The van der Waals surface area contributed by atoms with Crippen LogP contribution in [0.5, 0.6) is 0 Å². The average molecular weight is 404 g/mol. The molecule has 1 amide bonds. The third kappa shape index (κ3) is 3.24. The normalized spacial score (nSPS) is 13.4. The molecule has 1 aliphatic heterocycles. The smallest absolute Gasteiger partial charge is 0.293 e. The van der Waals surface area contributed by atoms with Crippen LogP contribution in [0, 0.1) is 11.6 Å². The van der Waals surface area contributed by atoms with Crippen LogP contribution < -0.4 is 9.62 Å². The molecule has 1 N–H and O–H groups in total. The van der Waals surface area contributed by atoms with Gasteiger partial charge in [-0.1, -0.05) is 6.07 Å². The van der Waals surface area contributed by atoms with Gasteiger partial charge in [0.15, 0.2) is 17.4 Å². The summed E-state index contributed by atoms with van der Waals surface area (Å²) in [6, 6.07) is 10.3. The SMILES string of the molecule is O=C(c1ccco1)N1CCc2ccc(NS(=O)(=O)c3ccc(F)c(F)c3)cc21. The number of nitrogens with one attached hydrogen (secondary N) is 1. The maximum atomic E-state index is 13.4. The van der Waals surface area contributed by atoms with Gasteiger partial charge in [0.1, 0.15) is 0 Å². The van der Waals surface area contributed by atoms with Gasteiger partial charge in [-0.3, -0.25) is 9.52 Å². The molecule has 1 aromatic heterocycles. The first-order chi connectivity index (χ1) is 13.3. The molecule has 0 aliphatic carbocycles. The van der Waals surface area contributed by atoms with Crippen molar-refractivity contribution in [3.05, 3.63) is 77.8 Å². The van der Waals surface area contributed by atoms with Gasteiger partial charge < -0.3 is 9.32 Å². The lowest BCUT2D eigenvalue weighted by atomic mass is 10.1. The van der Waals surface area contributed by atoms with E-state index in [0.717, 1.165) is 17.7 Å². The Morgan fingerprint density at radius 2 is 1.89 bits per heavy atom. The maximum Gasteiger partial charge on any atom is 0.293 e. The topological polar surface area (TPSA) is 79.6 Å². The minimum Gasteiger partial charge on any atom is -0.459 e. The van der Waals surface area contributed by atoms with Crippen LogP contribution in [-0.4, -0.2) is 20.9 Å². The second-order valence-electron chi connectivity index (χ2n) is 6.21. The molecule has 2 heterocycles. The molecule has 28 heavy (non-hydrogen) atoms. The van der Waals surface area contributed by atoms with Gasteiger partial charge >= 0.3 is 0 Å². The summed E-state index contributed by atoms with van der Waals surface area (Å²) in [5.41, 5.74) is 1.64. The van der Waals surface area contributed by atoms with E-state index in [9.17, 15) is 22.0 Å². The second kappa shape index (κ2) is 6.75. The first-order valence-electron chi connectivity index (χ1n) is 8.31. The summed E-state index contributed by atoms with van der Waals surface area (Å²) in [6.07, 6.45) is 2.02. The Kier molecular flexibility index (Phi) is 4.38. The average Bonchev–Trinajstić information content (AvgIpc) is 3.32. The zero-order chi connectivity index (χ0) is 19.9. The standard InChI is InChI=1S/C19H14F2N2O4S/c20-15-6-5-14(11-16(15)21)28(25,26)22-13-4-3-12-7-8-23(17(12)10-13)19(24)18-2-1-9-27-18/h1-6,9-11,22H,7-8H2. The molecule has 6 nitrogen and oxygen atoms in total. The molecule has 0 saturated carbocycles. The molecule has 0 fully saturated rings. The minimum absolute atomic E-state index is 0.181. The van der Waals surface area contributed by atoms with Crippen LogP contribution in [0.2, 0.25) is 0 Å². The van der Waals surface area contributed by atoms with Crippen molar-refractivity contribution in [2.45, 2.75) is 11.3 Å². The second-order valence-corrected chi connectivity index (χ2v) is 7.89. The van der Waals surface area contributed by atoms with Gasteiger partial charge in [0.25, 0.3) is 15.9 Å². The fourth-order valence-corrected chi connectivity index (χ4v) is 4.11. The summed E-state index contributed by atoms with van der Waals surface area (Å²) < 4.78 is 58.9. The Morgan fingerprint density at radius 3 is 2.61 bits per heavy atom. The predicted octanol–water partition coefficient (Wildman–Crippen LogP) is 3.56. The number of carbonyl (C=O) groups is 1. The lowest BCUT2D eigenvalue weighted by Crippen LogP contribution is -2.28. The molecule has 9 heteroatoms. The van der Waals surface area contributed by atoms with E-state index in [-0.39, 0.29) is 17.4 Å². The van der Waals surface area contributed by atoms with Crippen LogP contribution in [-0.2, 0) is 16.4 Å². The number of carbonyl (C=O) groups excluding carboxylic acids is 1. The van der Waals surface area contributed by atoms with E-state index < -0.39 is 26.6 Å². The molecule has 0 bridgehead atoms. The molecular formula is C19H14F2N2O4S. The Hall–Kier alpha value is -3.20. The molecule has 2 aromatic carbocycles. The van der Waals surface area contributed by atoms with Crippen molar-refractivity contribution >= 4 is 27.3 Å². The molecule has 0 spiro atoms. The molecule has 4 rings (SSSR count). The Morgan fingerprint density at radius 1 is 1.07 bits per heavy atom. The lowest BCUT2D eigenvalue weighted by molar-refractivity contribution is 0.0963. The van der Waals surface area contributed by atoms with E-state index in [1.165, 1.54) is 17.2 Å². The third-order valence-electron chi connectivity index (χ3n) is 4.41. The van der Waals surface area contributed by atoms with Gasteiger partial charge in [0.05, 0.1) is 16.8 Å². The first kappa shape index (κ1) is 18.2. The zero-order valence-corrected chi connectivity index (χ0v) is 15.2. The van der Waals surface area contributed by atoms with Gasteiger partial charge in [0, 0.05) is 12.2 Å². The van der Waals surface area contributed by atoms with E-state index in [1.54, 1.807) is 24.3 Å². The van der Waals surface area contributed by atoms with E-state index in [2.05, 4.69) is 4.72 Å². The number of rotatable bonds is 4. The van der Waals surface area contributed by atoms with Crippen molar-refractivity contribution in [2.24, 2.45) is 0 Å². The van der Waals surface area contributed by atoms with Crippen molar-refractivity contribution in [3.63, 3.8) is 0 Å². The summed E-state index contributed by atoms with van der Waals surface area (Å²) in [7, 11) is -4.13. The monoisotopic (exact) mass is 404 g/mol. The van der Waals surface area contributed by atoms with Gasteiger partial charge in [-0.05, 0) is 54.4 Å². The van der Waals surface area contributed by atoms with Gasteiger partial charge in [-0.15, -0.1) is 0 Å². The number of anilines is 2. The minimum atomic E-state index is -4.13. The number of sulfonamides is 1. The molecule has 1 aliphatic rings. The number of hydrogen-bond acceptors (Lipinski definition) is 4. The Bertz CT molecular complexity index is 1160. The van der Waals surface area contributed by atoms with E-state index in [4.69, 9.17) is 4.42 Å². The summed E-state index contributed by atoms with van der Waals surface area (Å²) in [4.78, 5) is 13.7. The van der Waals surface area contributed by atoms with Crippen molar-refractivity contribution < 1.29 is 26.4 Å². The fourth-order valence-electron chi connectivity index (χ4n) is 3.05.